The molecule has 0 aromatic rings. The predicted octanol–water partition coefficient (Wildman–Crippen LogP) is -4.74. The Morgan fingerprint density at radius 1 is 0.792 bits per heavy atom. The first kappa shape index (κ1) is 19.9. The van der Waals surface area contributed by atoms with Gasteiger partial charge in [0.1, 0.15) is 48.8 Å². The molecule has 10 atom stereocenters. The van der Waals surface area contributed by atoms with Crippen molar-refractivity contribution in [2.75, 3.05) is 20.3 Å². The third-order valence-electron chi connectivity index (χ3n) is 4.13. The minimum atomic E-state index is -1.72. The summed E-state index contributed by atoms with van der Waals surface area (Å²) in [4.78, 5) is 0. The van der Waals surface area contributed by atoms with Crippen LogP contribution in [0.1, 0.15) is 0 Å². The van der Waals surface area contributed by atoms with Crippen molar-refractivity contribution in [2.45, 2.75) is 61.4 Å². The summed E-state index contributed by atoms with van der Waals surface area (Å²) >= 11 is 0. The van der Waals surface area contributed by atoms with Crippen molar-refractivity contribution in [3.05, 3.63) is 0 Å². The molecule has 2 heterocycles. The van der Waals surface area contributed by atoms with Crippen molar-refractivity contribution in [1.82, 2.24) is 0 Å². The summed E-state index contributed by atoms with van der Waals surface area (Å²) < 4.78 is 20.5. The Balaban J connectivity index is 2.11. The van der Waals surface area contributed by atoms with E-state index in [-0.39, 0.29) is 6.61 Å². The zero-order valence-corrected chi connectivity index (χ0v) is 13.0. The van der Waals surface area contributed by atoms with Crippen LogP contribution in [0, 0.1) is 0 Å². The lowest BCUT2D eigenvalue weighted by molar-refractivity contribution is -0.355. The van der Waals surface area contributed by atoms with Gasteiger partial charge in [-0.3, -0.25) is 0 Å². The number of ether oxygens (including phenoxy) is 4. The Kier molecular flexibility index (Phi) is 6.87. The highest BCUT2D eigenvalue weighted by Gasteiger charge is 2.50. The summed E-state index contributed by atoms with van der Waals surface area (Å²) in [6, 6.07) is 0. The summed E-state index contributed by atoms with van der Waals surface area (Å²) in [6.45, 7) is -0.750. The van der Waals surface area contributed by atoms with Crippen LogP contribution in [0.15, 0.2) is 0 Å². The maximum Gasteiger partial charge on any atom is 0.187 e. The SMILES string of the molecule is COC[C@H]1O[C@@H](O[C@H]2[C@H](O)[C@@H](O)C(O)O[C@@H]2CO)[C@H](O)[C@@H](O)[C@@H]1O. The van der Waals surface area contributed by atoms with Gasteiger partial charge in [0, 0.05) is 7.11 Å². The molecule has 2 rings (SSSR count). The molecule has 0 aromatic heterocycles. The molecule has 2 aliphatic heterocycles. The van der Waals surface area contributed by atoms with E-state index in [9.17, 15) is 35.7 Å². The zero-order chi connectivity index (χ0) is 18.0. The van der Waals surface area contributed by atoms with Crippen molar-refractivity contribution in [2.24, 2.45) is 0 Å². The van der Waals surface area contributed by atoms with Crippen LogP contribution in [0.4, 0.5) is 0 Å². The average molecular weight is 356 g/mol. The number of hydrogen-bond donors (Lipinski definition) is 7. The quantitative estimate of drug-likeness (QED) is 0.251. The fourth-order valence-electron chi connectivity index (χ4n) is 2.72. The van der Waals surface area contributed by atoms with Gasteiger partial charge >= 0.3 is 0 Å². The van der Waals surface area contributed by atoms with Gasteiger partial charge in [-0.25, -0.2) is 0 Å². The molecule has 7 N–H and O–H groups in total. The third kappa shape index (κ3) is 3.86. The predicted molar refractivity (Wildman–Crippen MR) is 73.4 cm³/mol. The topological polar surface area (TPSA) is 179 Å². The highest BCUT2D eigenvalue weighted by atomic mass is 16.7. The van der Waals surface area contributed by atoms with Gasteiger partial charge in [0.15, 0.2) is 12.6 Å². The van der Waals surface area contributed by atoms with E-state index in [2.05, 4.69) is 0 Å². The Hall–Kier alpha value is -0.440. The molecule has 1 unspecified atom stereocenters. The van der Waals surface area contributed by atoms with Gasteiger partial charge < -0.3 is 54.7 Å². The van der Waals surface area contributed by atoms with E-state index in [0.29, 0.717) is 0 Å². The summed E-state index contributed by atoms with van der Waals surface area (Å²) in [7, 11) is 1.35. The first-order valence-corrected chi connectivity index (χ1v) is 7.46. The Morgan fingerprint density at radius 3 is 2.04 bits per heavy atom. The largest absolute Gasteiger partial charge is 0.394 e. The van der Waals surface area contributed by atoms with E-state index in [4.69, 9.17) is 18.9 Å². The van der Waals surface area contributed by atoms with Crippen LogP contribution >= 0.6 is 0 Å². The van der Waals surface area contributed by atoms with Crippen molar-refractivity contribution in [3.63, 3.8) is 0 Å². The summed E-state index contributed by atoms with van der Waals surface area (Å²) in [5, 5.41) is 68.1. The van der Waals surface area contributed by atoms with E-state index < -0.39 is 68.0 Å². The normalized spacial score (nSPS) is 50.0. The van der Waals surface area contributed by atoms with Crippen molar-refractivity contribution < 1.29 is 54.7 Å². The molecule has 11 nitrogen and oxygen atoms in total. The average Bonchev–Trinajstić information content (AvgIpc) is 2.57. The van der Waals surface area contributed by atoms with Crippen LogP contribution in [0.25, 0.3) is 0 Å². The minimum Gasteiger partial charge on any atom is -0.394 e. The Labute approximate surface area is 137 Å². The second-order valence-electron chi connectivity index (χ2n) is 5.80. The zero-order valence-electron chi connectivity index (χ0n) is 13.0. The number of aliphatic hydroxyl groups excluding tert-OH is 7. The van der Waals surface area contributed by atoms with Crippen LogP contribution in [0.3, 0.4) is 0 Å². The van der Waals surface area contributed by atoms with Crippen LogP contribution in [-0.4, -0.2) is 117 Å². The second kappa shape index (κ2) is 8.29. The van der Waals surface area contributed by atoms with Gasteiger partial charge in [0.25, 0.3) is 0 Å². The highest BCUT2D eigenvalue weighted by Crippen LogP contribution is 2.28. The lowest BCUT2D eigenvalue weighted by Crippen LogP contribution is -2.64. The molecule has 2 aliphatic rings. The van der Waals surface area contributed by atoms with Gasteiger partial charge in [0.2, 0.25) is 0 Å². The molecular formula is C13H24O11. The summed E-state index contributed by atoms with van der Waals surface area (Å²) in [5.41, 5.74) is 0. The molecule has 24 heavy (non-hydrogen) atoms. The summed E-state index contributed by atoms with van der Waals surface area (Å²) in [6.07, 6.45) is -14.8. The number of rotatable bonds is 5. The Bertz CT molecular complexity index is 394. The van der Waals surface area contributed by atoms with Crippen molar-refractivity contribution >= 4 is 0 Å². The maximum atomic E-state index is 10.0. The molecule has 0 aromatic carbocycles. The smallest absolute Gasteiger partial charge is 0.187 e. The lowest BCUT2D eigenvalue weighted by atomic mass is 9.97. The number of hydrogen-bond acceptors (Lipinski definition) is 11. The van der Waals surface area contributed by atoms with Gasteiger partial charge in [-0.05, 0) is 0 Å². The van der Waals surface area contributed by atoms with Crippen molar-refractivity contribution in [1.29, 1.82) is 0 Å². The van der Waals surface area contributed by atoms with E-state index >= 15 is 0 Å². The molecule has 11 heteroatoms. The molecular weight excluding hydrogens is 332 g/mol. The molecule has 142 valence electrons. The third-order valence-corrected chi connectivity index (χ3v) is 4.13. The van der Waals surface area contributed by atoms with Gasteiger partial charge in [0.05, 0.1) is 13.2 Å². The Morgan fingerprint density at radius 2 is 1.46 bits per heavy atom. The fourth-order valence-corrected chi connectivity index (χ4v) is 2.72. The van der Waals surface area contributed by atoms with E-state index in [1.807, 2.05) is 0 Å². The first-order chi connectivity index (χ1) is 11.3. The van der Waals surface area contributed by atoms with Crippen LogP contribution in [0.2, 0.25) is 0 Å². The monoisotopic (exact) mass is 356 g/mol. The molecule has 0 bridgehead atoms. The van der Waals surface area contributed by atoms with Crippen molar-refractivity contribution in [3.8, 4) is 0 Å². The lowest BCUT2D eigenvalue weighted by Gasteiger charge is -2.45. The van der Waals surface area contributed by atoms with Crippen LogP contribution in [-0.2, 0) is 18.9 Å². The number of aliphatic hydroxyl groups is 7. The fraction of sp³-hybridized carbons (Fsp3) is 1.00. The standard InChI is InChI=1S/C13H24O11/c1-21-3-5-6(15)7(16)10(19)13(23-5)24-11-4(2-14)22-12(20)9(18)8(11)17/h4-20H,2-3H2,1H3/t4-,5-,6-,7+,8-,9-,10-,11-,12?,13+/m1/s1. The first-order valence-electron chi connectivity index (χ1n) is 7.46. The van der Waals surface area contributed by atoms with E-state index in [1.165, 1.54) is 7.11 Å². The molecule has 0 saturated carbocycles. The molecule has 0 amide bonds. The summed E-state index contributed by atoms with van der Waals surface area (Å²) in [5.74, 6) is 0. The highest BCUT2D eigenvalue weighted by molar-refractivity contribution is 4.93. The van der Waals surface area contributed by atoms with E-state index in [0.717, 1.165) is 0 Å². The van der Waals surface area contributed by atoms with Crippen LogP contribution < -0.4 is 0 Å². The molecule has 0 aliphatic carbocycles. The molecule has 0 radical (unpaired) electrons. The van der Waals surface area contributed by atoms with Gasteiger partial charge in [-0.15, -0.1) is 0 Å². The molecule has 0 spiro atoms. The van der Waals surface area contributed by atoms with Crippen LogP contribution in [0.5, 0.6) is 0 Å². The molecule has 2 saturated heterocycles. The van der Waals surface area contributed by atoms with Gasteiger partial charge in [-0.2, -0.15) is 0 Å². The second-order valence-corrected chi connectivity index (χ2v) is 5.80. The molecule has 2 fully saturated rings. The van der Waals surface area contributed by atoms with Gasteiger partial charge in [-0.1, -0.05) is 0 Å². The maximum absolute atomic E-state index is 10.0. The van der Waals surface area contributed by atoms with E-state index in [1.54, 1.807) is 0 Å². The minimum absolute atomic E-state index is 0.0979. The number of methoxy groups -OCH3 is 1.